The molecule has 0 aromatic heterocycles. The summed E-state index contributed by atoms with van der Waals surface area (Å²) < 4.78 is 12.8. The second-order valence-electron chi connectivity index (χ2n) is 6.85. The number of halogens is 1. The predicted molar refractivity (Wildman–Crippen MR) is 106 cm³/mol. The molecule has 0 bridgehead atoms. The zero-order valence-corrected chi connectivity index (χ0v) is 16.1. The summed E-state index contributed by atoms with van der Waals surface area (Å²) in [7, 11) is 1.72. The van der Waals surface area contributed by atoms with Gasteiger partial charge < -0.3 is 9.47 Å². The van der Waals surface area contributed by atoms with E-state index >= 15 is 0 Å². The van der Waals surface area contributed by atoms with Crippen molar-refractivity contribution >= 4 is 21.5 Å². The highest BCUT2D eigenvalue weighted by molar-refractivity contribution is 9.11. The molecule has 2 aromatic carbocycles. The molecule has 0 saturated heterocycles. The first-order chi connectivity index (χ1) is 12.2. The molecule has 130 valence electrons. The topological polar surface area (TPSA) is 18.5 Å². The van der Waals surface area contributed by atoms with E-state index in [9.17, 15) is 0 Å². The van der Waals surface area contributed by atoms with Gasteiger partial charge in [-0.1, -0.05) is 34.1 Å². The van der Waals surface area contributed by atoms with Gasteiger partial charge in [0.05, 0.1) is 13.2 Å². The Balaban J connectivity index is 1.64. The number of aryl methyl sites for hydroxylation is 1. The van der Waals surface area contributed by atoms with Crippen molar-refractivity contribution in [3.63, 3.8) is 0 Å². The molecule has 2 aliphatic rings. The Morgan fingerprint density at radius 3 is 2.36 bits per heavy atom. The Kier molecular flexibility index (Phi) is 4.85. The van der Waals surface area contributed by atoms with Crippen LogP contribution in [0.5, 0.6) is 11.5 Å². The molecule has 2 aromatic rings. The van der Waals surface area contributed by atoms with E-state index in [4.69, 9.17) is 9.47 Å². The molecule has 0 radical (unpaired) electrons. The van der Waals surface area contributed by atoms with Gasteiger partial charge in [-0.25, -0.2) is 0 Å². The average Bonchev–Trinajstić information content (AvgIpc) is 3.15. The Labute approximate surface area is 158 Å². The van der Waals surface area contributed by atoms with Gasteiger partial charge in [-0.2, -0.15) is 0 Å². The largest absolute Gasteiger partial charge is 0.497 e. The third kappa shape index (κ3) is 3.48. The van der Waals surface area contributed by atoms with E-state index in [2.05, 4.69) is 52.3 Å². The van der Waals surface area contributed by atoms with E-state index in [0.29, 0.717) is 6.10 Å². The molecule has 0 spiro atoms. The van der Waals surface area contributed by atoms with Crippen molar-refractivity contribution in [2.75, 3.05) is 7.11 Å². The summed E-state index contributed by atoms with van der Waals surface area (Å²) in [6, 6.07) is 14.9. The summed E-state index contributed by atoms with van der Waals surface area (Å²) >= 11 is 3.80. The molecular weight excluding hydrogens is 376 g/mol. The fourth-order valence-electron chi connectivity index (χ4n) is 3.86. The van der Waals surface area contributed by atoms with E-state index in [1.54, 1.807) is 7.11 Å². The smallest absolute Gasteiger partial charge is 0.119 e. The summed E-state index contributed by atoms with van der Waals surface area (Å²) in [5, 5.41) is 0. The molecule has 2 nitrogen and oxygen atoms in total. The van der Waals surface area contributed by atoms with Crippen LogP contribution in [0.15, 0.2) is 46.9 Å². The predicted octanol–water partition coefficient (Wildman–Crippen LogP) is 6.12. The molecule has 25 heavy (non-hydrogen) atoms. The summed E-state index contributed by atoms with van der Waals surface area (Å²) in [5.74, 6) is 1.88. The van der Waals surface area contributed by atoms with Gasteiger partial charge in [-0.3, -0.25) is 0 Å². The second kappa shape index (κ2) is 7.25. The number of rotatable bonds is 4. The zero-order chi connectivity index (χ0) is 17.2. The summed E-state index contributed by atoms with van der Waals surface area (Å²) in [5.41, 5.74) is 5.14. The van der Waals surface area contributed by atoms with Gasteiger partial charge in [0.1, 0.15) is 11.5 Å². The van der Waals surface area contributed by atoms with Crippen LogP contribution in [0.1, 0.15) is 48.8 Å². The Morgan fingerprint density at radius 1 is 0.920 bits per heavy atom. The van der Waals surface area contributed by atoms with Gasteiger partial charge in [0.2, 0.25) is 0 Å². The van der Waals surface area contributed by atoms with Crippen molar-refractivity contribution in [3.8, 4) is 11.5 Å². The SMILES string of the molecule is COc1ccc2c(c1)C(c1ccc(OC3CCCC3)cc1)=C(Br)CC2. The monoisotopic (exact) mass is 398 g/mol. The number of hydrogen-bond donors (Lipinski definition) is 0. The standard InChI is InChI=1S/C22H23BrO2/c1-24-19-12-6-15-9-13-21(23)22(20(15)14-19)16-7-10-18(11-8-16)25-17-4-2-3-5-17/h6-8,10-12,14,17H,2-5,9,13H2,1H3. The third-order valence-corrected chi connectivity index (χ3v) is 6.01. The van der Waals surface area contributed by atoms with Crippen molar-refractivity contribution in [1.29, 1.82) is 0 Å². The first-order valence-corrected chi connectivity index (χ1v) is 9.87. The molecule has 1 saturated carbocycles. The molecule has 0 N–H and O–H groups in total. The van der Waals surface area contributed by atoms with Crippen LogP contribution in [0.3, 0.4) is 0 Å². The molecule has 1 fully saturated rings. The van der Waals surface area contributed by atoms with Crippen LogP contribution in [-0.2, 0) is 6.42 Å². The van der Waals surface area contributed by atoms with Gasteiger partial charge in [0.25, 0.3) is 0 Å². The lowest BCUT2D eigenvalue weighted by molar-refractivity contribution is 0.210. The maximum atomic E-state index is 6.10. The van der Waals surface area contributed by atoms with Gasteiger partial charge in [-0.15, -0.1) is 0 Å². The Hall–Kier alpha value is -1.74. The fraction of sp³-hybridized carbons (Fsp3) is 0.364. The summed E-state index contributed by atoms with van der Waals surface area (Å²) in [6.07, 6.45) is 7.46. The van der Waals surface area contributed by atoms with Crippen LogP contribution in [0, 0.1) is 0 Å². The normalized spacial score (nSPS) is 17.5. The van der Waals surface area contributed by atoms with E-state index in [1.807, 2.05) is 6.07 Å². The number of benzene rings is 2. The molecule has 0 unspecified atom stereocenters. The zero-order valence-electron chi connectivity index (χ0n) is 14.6. The number of hydrogen-bond acceptors (Lipinski definition) is 2. The van der Waals surface area contributed by atoms with E-state index in [0.717, 1.165) is 24.3 Å². The minimum Gasteiger partial charge on any atom is -0.497 e. The molecule has 4 rings (SSSR count). The third-order valence-electron chi connectivity index (χ3n) is 5.22. The van der Waals surface area contributed by atoms with E-state index < -0.39 is 0 Å². The van der Waals surface area contributed by atoms with Crippen LogP contribution >= 0.6 is 15.9 Å². The van der Waals surface area contributed by atoms with Gasteiger partial charge >= 0.3 is 0 Å². The summed E-state index contributed by atoms with van der Waals surface area (Å²) in [6.45, 7) is 0. The number of fused-ring (bicyclic) bond motifs is 1. The van der Waals surface area contributed by atoms with E-state index in [-0.39, 0.29) is 0 Å². The maximum Gasteiger partial charge on any atom is 0.119 e. The van der Waals surface area contributed by atoms with Crippen LogP contribution in [-0.4, -0.2) is 13.2 Å². The molecular formula is C22H23BrO2. The summed E-state index contributed by atoms with van der Waals surface area (Å²) in [4.78, 5) is 0. The quantitative estimate of drug-likeness (QED) is 0.617. The molecule has 3 heteroatoms. The number of allylic oxidation sites excluding steroid dienone is 1. The highest BCUT2D eigenvalue weighted by Crippen LogP contribution is 2.40. The number of methoxy groups -OCH3 is 1. The lowest BCUT2D eigenvalue weighted by atomic mass is 9.87. The van der Waals surface area contributed by atoms with Crippen LogP contribution in [0.2, 0.25) is 0 Å². The first kappa shape index (κ1) is 16.7. The van der Waals surface area contributed by atoms with Gasteiger partial charge in [0, 0.05) is 4.48 Å². The fourth-order valence-corrected chi connectivity index (χ4v) is 4.50. The lowest BCUT2D eigenvalue weighted by Gasteiger charge is -2.22. The van der Waals surface area contributed by atoms with Crippen LogP contribution in [0.4, 0.5) is 0 Å². The highest BCUT2D eigenvalue weighted by atomic mass is 79.9. The Bertz CT molecular complexity index is 786. The minimum atomic E-state index is 0.400. The van der Waals surface area contributed by atoms with Crippen molar-refractivity contribution in [2.45, 2.75) is 44.6 Å². The van der Waals surface area contributed by atoms with Crippen molar-refractivity contribution in [1.82, 2.24) is 0 Å². The minimum absolute atomic E-state index is 0.400. The van der Waals surface area contributed by atoms with Gasteiger partial charge in [0.15, 0.2) is 0 Å². The van der Waals surface area contributed by atoms with Crippen molar-refractivity contribution in [2.24, 2.45) is 0 Å². The van der Waals surface area contributed by atoms with Gasteiger partial charge in [-0.05, 0) is 85.1 Å². The highest BCUT2D eigenvalue weighted by Gasteiger charge is 2.20. The number of ether oxygens (including phenoxy) is 2. The average molecular weight is 399 g/mol. The second-order valence-corrected chi connectivity index (χ2v) is 7.81. The van der Waals surface area contributed by atoms with Crippen molar-refractivity contribution in [3.05, 3.63) is 63.6 Å². The molecule has 2 aliphatic carbocycles. The lowest BCUT2D eigenvalue weighted by Crippen LogP contribution is -2.10. The first-order valence-electron chi connectivity index (χ1n) is 9.07. The maximum absolute atomic E-state index is 6.10. The molecule has 0 amide bonds. The van der Waals surface area contributed by atoms with Crippen LogP contribution < -0.4 is 9.47 Å². The van der Waals surface area contributed by atoms with E-state index in [1.165, 1.54) is 52.4 Å². The van der Waals surface area contributed by atoms with Crippen molar-refractivity contribution < 1.29 is 9.47 Å². The molecule has 0 atom stereocenters. The molecule has 0 aliphatic heterocycles. The van der Waals surface area contributed by atoms with Crippen LogP contribution in [0.25, 0.3) is 5.57 Å². The Morgan fingerprint density at radius 2 is 1.64 bits per heavy atom. The molecule has 0 heterocycles.